The van der Waals surface area contributed by atoms with Crippen LogP contribution in [-0.4, -0.2) is 28.1 Å². The first kappa shape index (κ1) is 20.4. The number of nitrogens with zero attached hydrogens (tertiary/aromatic N) is 2. The quantitative estimate of drug-likeness (QED) is 0.484. The zero-order valence-electron chi connectivity index (χ0n) is 17.4. The van der Waals surface area contributed by atoms with E-state index in [0.717, 1.165) is 53.0 Å². The van der Waals surface area contributed by atoms with Gasteiger partial charge in [-0.2, -0.15) is 0 Å². The Labute approximate surface area is 183 Å². The summed E-state index contributed by atoms with van der Waals surface area (Å²) in [6.45, 7) is 5.71. The molecule has 156 valence electrons. The second-order valence-electron chi connectivity index (χ2n) is 7.33. The highest BCUT2D eigenvalue weighted by Gasteiger charge is 2.41. The van der Waals surface area contributed by atoms with Crippen LogP contribution in [0.2, 0.25) is 0 Å². The number of aromatic nitrogens is 1. The third-order valence-electron chi connectivity index (χ3n) is 5.32. The van der Waals surface area contributed by atoms with Crippen molar-refractivity contribution in [1.29, 1.82) is 0 Å². The van der Waals surface area contributed by atoms with Crippen LogP contribution in [0.25, 0.3) is 11.3 Å². The van der Waals surface area contributed by atoms with Crippen LogP contribution in [0.1, 0.15) is 50.2 Å². The first-order valence-corrected chi connectivity index (χ1v) is 10.9. The third-order valence-corrected chi connectivity index (χ3v) is 5.67. The molecule has 1 aromatic carbocycles. The second-order valence-corrected chi connectivity index (χ2v) is 7.72. The molecule has 0 aliphatic carbocycles. The number of thiocarbonyl (C=S) groups is 1. The van der Waals surface area contributed by atoms with E-state index >= 15 is 0 Å². The molecule has 3 heterocycles. The molecule has 3 aromatic rings. The lowest BCUT2D eigenvalue weighted by atomic mass is 10.0. The van der Waals surface area contributed by atoms with Gasteiger partial charge in [0.2, 0.25) is 0 Å². The van der Waals surface area contributed by atoms with Crippen molar-refractivity contribution in [3.05, 3.63) is 72.2 Å². The first-order chi connectivity index (χ1) is 14.7. The number of hydrogen-bond acceptors (Lipinski definition) is 4. The number of nitrogens with one attached hydrogen (secondary N) is 1. The van der Waals surface area contributed by atoms with Gasteiger partial charge in [-0.05, 0) is 74.1 Å². The topological polar surface area (TPSA) is 50.5 Å². The van der Waals surface area contributed by atoms with Crippen molar-refractivity contribution < 1.29 is 9.15 Å². The maximum Gasteiger partial charge on any atom is 0.170 e. The largest absolute Gasteiger partial charge is 0.494 e. The van der Waals surface area contributed by atoms with Crippen LogP contribution in [0.5, 0.6) is 5.75 Å². The monoisotopic (exact) mass is 421 g/mol. The summed E-state index contributed by atoms with van der Waals surface area (Å²) in [6.07, 6.45) is 3.99. The average Bonchev–Trinajstić information content (AvgIpc) is 3.38. The minimum atomic E-state index is -0.0464. The van der Waals surface area contributed by atoms with Crippen LogP contribution in [0.15, 0.2) is 65.2 Å². The van der Waals surface area contributed by atoms with Gasteiger partial charge in [0.05, 0.1) is 18.3 Å². The Bertz CT molecular complexity index is 972. The molecule has 1 N–H and O–H groups in total. The van der Waals surface area contributed by atoms with Crippen LogP contribution in [0.3, 0.4) is 0 Å². The normalized spacial score (nSPS) is 18.5. The molecule has 0 amide bonds. The number of hydrogen-bond donors (Lipinski definition) is 1. The Morgan fingerprint density at radius 3 is 2.63 bits per heavy atom. The predicted molar refractivity (Wildman–Crippen MR) is 122 cm³/mol. The minimum Gasteiger partial charge on any atom is -0.494 e. The number of furan rings is 1. The number of unbranched alkanes of at least 4 members (excludes halogenated alkanes) is 1. The van der Waals surface area contributed by atoms with Crippen LogP contribution in [0, 0.1) is 0 Å². The van der Waals surface area contributed by atoms with Gasteiger partial charge in [0, 0.05) is 18.3 Å². The van der Waals surface area contributed by atoms with Crippen LogP contribution >= 0.6 is 12.2 Å². The molecule has 6 heteroatoms. The Kier molecular flexibility index (Phi) is 6.33. The maximum atomic E-state index is 6.35. The van der Waals surface area contributed by atoms with Crippen LogP contribution in [0.4, 0.5) is 0 Å². The van der Waals surface area contributed by atoms with Gasteiger partial charge in [0.1, 0.15) is 23.3 Å². The van der Waals surface area contributed by atoms with E-state index in [1.165, 1.54) is 0 Å². The molecule has 5 nitrogen and oxygen atoms in total. The summed E-state index contributed by atoms with van der Waals surface area (Å²) in [6, 6.07) is 18.0. The minimum absolute atomic E-state index is 0.0320. The summed E-state index contributed by atoms with van der Waals surface area (Å²) in [5.41, 5.74) is 1.98. The van der Waals surface area contributed by atoms with Crippen molar-refractivity contribution in [3.63, 3.8) is 0 Å². The molecule has 2 atom stereocenters. The number of ether oxygens (including phenoxy) is 1. The van der Waals surface area contributed by atoms with E-state index in [-0.39, 0.29) is 12.1 Å². The number of pyridine rings is 1. The summed E-state index contributed by atoms with van der Waals surface area (Å²) >= 11 is 5.68. The lowest BCUT2D eigenvalue weighted by Gasteiger charge is -2.25. The Morgan fingerprint density at radius 2 is 1.93 bits per heavy atom. The Morgan fingerprint density at radius 1 is 1.10 bits per heavy atom. The van der Waals surface area contributed by atoms with Crippen molar-refractivity contribution in [2.24, 2.45) is 0 Å². The van der Waals surface area contributed by atoms with Crippen molar-refractivity contribution in [3.8, 4) is 17.1 Å². The summed E-state index contributed by atoms with van der Waals surface area (Å²) in [5, 5.41) is 4.22. The Balaban J connectivity index is 1.65. The van der Waals surface area contributed by atoms with Gasteiger partial charge >= 0.3 is 0 Å². The van der Waals surface area contributed by atoms with Crippen molar-refractivity contribution in [2.45, 2.75) is 38.8 Å². The summed E-state index contributed by atoms with van der Waals surface area (Å²) in [4.78, 5) is 6.81. The zero-order chi connectivity index (χ0) is 20.9. The van der Waals surface area contributed by atoms with Gasteiger partial charge in [-0.1, -0.05) is 19.4 Å². The molecule has 2 aromatic heterocycles. The fourth-order valence-electron chi connectivity index (χ4n) is 3.83. The molecule has 1 saturated heterocycles. The molecular weight excluding hydrogens is 394 g/mol. The number of benzene rings is 1. The average molecular weight is 422 g/mol. The lowest BCUT2D eigenvalue weighted by molar-refractivity contribution is 0.271. The summed E-state index contributed by atoms with van der Waals surface area (Å²) in [7, 11) is 0. The molecule has 30 heavy (non-hydrogen) atoms. The molecule has 1 aliphatic rings. The first-order valence-electron chi connectivity index (χ1n) is 10.5. The van der Waals surface area contributed by atoms with Gasteiger partial charge in [0.25, 0.3) is 0 Å². The molecule has 0 saturated carbocycles. The fraction of sp³-hybridized carbons (Fsp3) is 0.333. The fourth-order valence-corrected chi connectivity index (χ4v) is 4.16. The third kappa shape index (κ3) is 4.19. The Hall–Kier alpha value is -2.86. The van der Waals surface area contributed by atoms with E-state index in [4.69, 9.17) is 21.4 Å². The molecule has 0 radical (unpaired) electrons. The van der Waals surface area contributed by atoms with Crippen LogP contribution < -0.4 is 10.1 Å². The van der Waals surface area contributed by atoms with E-state index in [0.29, 0.717) is 6.61 Å². The van der Waals surface area contributed by atoms with Gasteiger partial charge < -0.3 is 19.4 Å². The smallest absolute Gasteiger partial charge is 0.170 e. The van der Waals surface area contributed by atoms with Crippen molar-refractivity contribution in [2.75, 3.05) is 13.2 Å². The predicted octanol–water partition coefficient (Wildman–Crippen LogP) is 5.51. The molecule has 4 rings (SSSR count). The van der Waals surface area contributed by atoms with E-state index < -0.39 is 0 Å². The SMILES string of the molecule is CCCCN1C(=S)N[C@H](c2ccccn2)[C@H]1c1ccc(-c2ccc(OCC)cc2)o1. The second kappa shape index (κ2) is 9.30. The van der Waals surface area contributed by atoms with Crippen molar-refractivity contribution in [1.82, 2.24) is 15.2 Å². The summed E-state index contributed by atoms with van der Waals surface area (Å²) in [5.74, 6) is 2.58. The lowest BCUT2D eigenvalue weighted by Crippen LogP contribution is -2.30. The maximum absolute atomic E-state index is 6.35. The van der Waals surface area contributed by atoms with Gasteiger partial charge in [-0.25, -0.2) is 0 Å². The molecule has 0 unspecified atom stereocenters. The van der Waals surface area contributed by atoms with E-state index in [2.05, 4.69) is 28.2 Å². The number of rotatable bonds is 8. The zero-order valence-corrected chi connectivity index (χ0v) is 18.2. The molecule has 0 spiro atoms. The van der Waals surface area contributed by atoms with Gasteiger partial charge in [-0.3, -0.25) is 4.98 Å². The van der Waals surface area contributed by atoms with Gasteiger partial charge in [-0.15, -0.1) is 0 Å². The molecule has 0 bridgehead atoms. The molecular formula is C24H27N3O2S. The highest BCUT2D eigenvalue weighted by molar-refractivity contribution is 7.80. The standard InChI is InChI=1S/C24H27N3O2S/c1-3-5-16-27-23(22(26-24(27)30)19-8-6-7-15-25-19)21-14-13-20(29-21)17-9-11-18(12-10-17)28-4-2/h6-15,22-23H,3-5,16H2,1-2H3,(H,26,30)/t22-,23-/m1/s1. The summed E-state index contributed by atoms with van der Waals surface area (Å²) < 4.78 is 11.9. The van der Waals surface area contributed by atoms with Gasteiger partial charge in [0.15, 0.2) is 5.11 Å². The molecule has 1 fully saturated rings. The van der Waals surface area contributed by atoms with Crippen LogP contribution in [-0.2, 0) is 0 Å². The highest BCUT2D eigenvalue weighted by Crippen LogP contribution is 2.40. The van der Waals surface area contributed by atoms with Crippen molar-refractivity contribution >= 4 is 17.3 Å². The van der Waals surface area contributed by atoms with E-state index in [9.17, 15) is 0 Å². The van der Waals surface area contributed by atoms with E-state index in [1.54, 1.807) is 0 Å². The highest BCUT2D eigenvalue weighted by atomic mass is 32.1. The molecule has 1 aliphatic heterocycles. The van der Waals surface area contributed by atoms with E-state index in [1.807, 2.05) is 61.7 Å².